The molecule has 0 atom stereocenters. The Hall–Kier alpha value is -2.14. The van der Waals surface area contributed by atoms with E-state index in [2.05, 4.69) is 20.9 Å². The second kappa shape index (κ2) is 5.33. The molecule has 0 aliphatic rings. The number of Topliss-reactive ketones (excluding diaryl/α,β-unsaturated/α-hetero) is 1. The third kappa shape index (κ3) is 2.56. The number of anilines is 1. The van der Waals surface area contributed by atoms with E-state index in [9.17, 15) is 4.79 Å². The van der Waals surface area contributed by atoms with Gasteiger partial charge in [-0.2, -0.15) is 0 Å². The fraction of sp³-hybridized carbons (Fsp3) is 0.125. The maximum absolute atomic E-state index is 12.5. The Morgan fingerprint density at radius 3 is 2.81 bits per heavy atom. The third-order valence-corrected chi connectivity index (χ3v) is 4.01. The van der Waals surface area contributed by atoms with E-state index in [0.29, 0.717) is 11.3 Å². The van der Waals surface area contributed by atoms with Crippen LogP contribution < -0.4 is 5.73 Å². The minimum atomic E-state index is -0.0350. The van der Waals surface area contributed by atoms with Gasteiger partial charge in [0.25, 0.3) is 0 Å². The van der Waals surface area contributed by atoms with Crippen LogP contribution in [0.15, 0.2) is 46.9 Å². The molecule has 1 aromatic heterocycles. The van der Waals surface area contributed by atoms with Crippen molar-refractivity contribution in [2.24, 2.45) is 7.05 Å². The van der Waals surface area contributed by atoms with Crippen molar-refractivity contribution in [1.82, 2.24) is 9.55 Å². The van der Waals surface area contributed by atoms with Crippen LogP contribution in [-0.2, 0) is 13.5 Å². The lowest BCUT2D eigenvalue weighted by atomic mass is 10.1. The predicted molar refractivity (Wildman–Crippen MR) is 87.3 cm³/mol. The van der Waals surface area contributed by atoms with Crippen LogP contribution in [0.4, 0.5) is 5.69 Å². The van der Waals surface area contributed by atoms with Crippen LogP contribution in [0.2, 0.25) is 0 Å². The van der Waals surface area contributed by atoms with Crippen LogP contribution in [0.25, 0.3) is 11.0 Å². The summed E-state index contributed by atoms with van der Waals surface area (Å²) in [5, 5.41) is 0. The SMILES string of the molecule is Cn1c(CC(=O)c2cc(Br)ccc2N)nc2ccccc21. The molecule has 0 bridgehead atoms. The number of ketones is 1. The summed E-state index contributed by atoms with van der Waals surface area (Å²) in [6.45, 7) is 0. The standard InChI is InChI=1S/C16H14BrN3O/c1-20-14-5-3-2-4-13(14)19-16(20)9-15(21)11-8-10(17)6-7-12(11)18/h2-8H,9,18H2,1H3. The highest BCUT2D eigenvalue weighted by molar-refractivity contribution is 9.10. The molecular formula is C16H14BrN3O. The zero-order valence-corrected chi connectivity index (χ0v) is 13.1. The average Bonchev–Trinajstić information content (AvgIpc) is 2.78. The van der Waals surface area contributed by atoms with Crippen molar-refractivity contribution >= 4 is 38.4 Å². The monoisotopic (exact) mass is 343 g/mol. The van der Waals surface area contributed by atoms with Gasteiger partial charge < -0.3 is 10.3 Å². The molecule has 2 aromatic carbocycles. The number of halogens is 1. The van der Waals surface area contributed by atoms with Crippen LogP contribution >= 0.6 is 15.9 Å². The Kier molecular flexibility index (Phi) is 3.51. The molecule has 3 rings (SSSR count). The van der Waals surface area contributed by atoms with Crippen molar-refractivity contribution < 1.29 is 4.79 Å². The maximum Gasteiger partial charge on any atom is 0.172 e. The van der Waals surface area contributed by atoms with Crippen molar-refractivity contribution in [3.63, 3.8) is 0 Å². The number of nitrogens with two attached hydrogens (primary N) is 1. The number of nitrogen functional groups attached to an aromatic ring is 1. The Labute approximate surface area is 130 Å². The fourth-order valence-electron chi connectivity index (χ4n) is 2.36. The summed E-state index contributed by atoms with van der Waals surface area (Å²) in [7, 11) is 1.92. The van der Waals surface area contributed by atoms with Gasteiger partial charge in [0.05, 0.1) is 17.5 Å². The third-order valence-electron chi connectivity index (χ3n) is 3.51. The molecule has 0 radical (unpaired) electrons. The molecule has 0 saturated heterocycles. The van der Waals surface area contributed by atoms with Crippen LogP contribution in [0.3, 0.4) is 0 Å². The van der Waals surface area contributed by atoms with Crippen LogP contribution in [0.5, 0.6) is 0 Å². The number of carbonyl (C=O) groups is 1. The number of aryl methyl sites for hydroxylation is 1. The molecule has 2 N–H and O–H groups in total. The Morgan fingerprint density at radius 1 is 1.29 bits per heavy atom. The van der Waals surface area contributed by atoms with Gasteiger partial charge >= 0.3 is 0 Å². The van der Waals surface area contributed by atoms with E-state index in [1.807, 2.05) is 41.9 Å². The zero-order chi connectivity index (χ0) is 15.0. The van der Waals surface area contributed by atoms with Crippen LogP contribution in [0, 0.1) is 0 Å². The number of carbonyl (C=O) groups excluding carboxylic acids is 1. The number of rotatable bonds is 3. The summed E-state index contributed by atoms with van der Waals surface area (Å²) >= 11 is 3.36. The molecule has 0 fully saturated rings. The summed E-state index contributed by atoms with van der Waals surface area (Å²) in [6.07, 6.45) is 0.228. The van der Waals surface area contributed by atoms with Crippen molar-refractivity contribution in [3.05, 3.63) is 58.3 Å². The van der Waals surface area contributed by atoms with Crippen molar-refractivity contribution in [2.75, 3.05) is 5.73 Å². The fourth-order valence-corrected chi connectivity index (χ4v) is 2.72. The predicted octanol–water partition coefficient (Wildman–Crippen LogP) is 3.34. The van der Waals surface area contributed by atoms with Gasteiger partial charge in [0.15, 0.2) is 5.78 Å². The van der Waals surface area contributed by atoms with Gasteiger partial charge in [0.1, 0.15) is 5.82 Å². The molecule has 0 spiro atoms. The van der Waals surface area contributed by atoms with E-state index in [1.165, 1.54) is 0 Å². The van der Waals surface area contributed by atoms with E-state index in [1.54, 1.807) is 12.1 Å². The number of aromatic nitrogens is 2. The van der Waals surface area contributed by atoms with Gasteiger partial charge in [0.2, 0.25) is 0 Å². The number of imidazole rings is 1. The minimum absolute atomic E-state index is 0.0350. The van der Waals surface area contributed by atoms with E-state index in [0.717, 1.165) is 21.3 Å². The van der Waals surface area contributed by atoms with Crippen LogP contribution in [0.1, 0.15) is 16.2 Å². The van der Waals surface area contributed by atoms with Crippen molar-refractivity contribution in [1.29, 1.82) is 0 Å². The van der Waals surface area contributed by atoms with Gasteiger partial charge in [-0.15, -0.1) is 0 Å². The summed E-state index contributed by atoms with van der Waals surface area (Å²) < 4.78 is 2.78. The summed E-state index contributed by atoms with van der Waals surface area (Å²) in [5.74, 6) is 0.702. The number of fused-ring (bicyclic) bond motifs is 1. The summed E-state index contributed by atoms with van der Waals surface area (Å²) in [5.41, 5.74) is 8.81. The second-order valence-corrected chi connectivity index (χ2v) is 5.82. The summed E-state index contributed by atoms with van der Waals surface area (Å²) in [6, 6.07) is 13.1. The zero-order valence-electron chi connectivity index (χ0n) is 11.5. The number of hydrogen-bond donors (Lipinski definition) is 1. The lowest BCUT2D eigenvalue weighted by Gasteiger charge is -2.06. The first-order chi connectivity index (χ1) is 10.1. The molecule has 0 unspecified atom stereocenters. The quantitative estimate of drug-likeness (QED) is 0.586. The van der Waals surface area contributed by atoms with E-state index in [4.69, 9.17) is 5.73 Å². The highest BCUT2D eigenvalue weighted by Crippen LogP contribution is 2.21. The molecule has 5 heteroatoms. The minimum Gasteiger partial charge on any atom is -0.398 e. The van der Waals surface area contributed by atoms with Crippen LogP contribution in [-0.4, -0.2) is 15.3 Å². The van der Waals surface area contributed by atoms with E-state index in [-0.39, 0.29) is 12.2 Å². The lowest BCUT2D eigenvalue weighted by molar-refractivity contribution is 0.0991. The first kappa shape index (κ1) is 13.8. The first-order valence-electron chi connectivity index (χ1n) is 6.55. The Morgan fingerprint density at radius 2 is 2.05 bits per heavy atom. The topological polar surface area (TPSA) is 60.9 Å². The molecule has 3 aromatic rings. The molecule has 0 aliphatic heterocycles. The number of nitrogens with zero attached hydrogens (tertiary/aromatic N) is 2. The molecule has 106 valence electrons. The molecule has 21 heavy (non-hydrogen) atoms. The normalized spacial score (nSPS) is 11.0. The van der Waals surface area contributed by atoms with Gasteiger partial charge in [-0.05, 0) is 30.3 Å². The average molecular weight is 344 g/mol. The lowest BCUT2D eigenvalue weighted by Crippen LogP contribution is -2.10. The molecular weight excluding hydrogens is 330 g/mol. The molecule has 4 nitrogen and oxygen atoms in total. The Bertz CT molecular complexity index is 839. The van der Waals surface area contributed by atoms with E-state index < -0.39 is 0 Å². The molecule has 0 saturated carbocycles. The maximum atomic E-state index is 12.5. The smallest absolute Gasteiger partial charge is 0.172 e. The van der Waals surface area contributed by atoms with Gasteiger partial charge in [-0.1, -0.05) is 28.1 Å². The van der Waals surface area contributed by atoms with Gasteiger partial charge in [-0.25, -0.2) is 4.98 Å². The summed E-state index contributed by atoms with van der Waals surface area (Å²) in [4.78, 5) is 17.0. The largest absolute Gasteiger partial charge is 0.398 e. The van der Waals surface area contributed by atoms with E-state index >= 15 is 0 Å². The Balaban J connectivity index is 1.96. The van der Waals surface area contributed by atoms with Gasteiger partial charge in [-0.3, -0.25) is 4.79 Å². The number of hydrogen-bond acceptors (Lipinski definition) is 3. The molecule has 1 heterocycles. The molecule has 0 amide bonds. The highest BCUT2D eigenvalue weighted by atomic mass is 79.9. The first-order valence-corrected chi connectivity index (χ1v) is 7.34. The van der Waals surface area contributed by atoms with Gasteiger partial charge in [0, 0.05) is 22.8 Å². The van der Waals surface area contributed by atoms with Crippen molar-refractivity contribution in [2.45, 2.75) is 6.42 Å². The van der Waals surface area contributed by atoms with Crippen molar-refractivity contribution in [3.8, 4) is 0 Å². The number of benzene rings is 2. The number of para-hydroxylation sites is 2. The highest BCUT2D eigenvalue weighted by Gasteiger charge is 2.15. The second-order valence-electron chi connectivity index (χ2n) is 4.91. The molecule has 0 aliphatic carbocycles.